The summed E-state index contributed by atoms with van der Waals surface area (Å²) in [6.07, 6.45) is 3.52. The Morgan fingerprint density at radius 3 is 2.93 bits per heavy atom. The van der Waals surface area contributed by atoms with Crippen LogP contribution in [-0.4, -0.2) is 57.9 Å². The summed E-state index contributed by atoms with van der Waals surface area (Å²) in [6, 6.07) is 9.11. The number of fused-ring (bicyclic) bond motifs is 2. The van der Waals surface area contributed by atoms with Crippen molar-refractivity contribution in [1.29, 1.82) is 0 Å². The van der Waals surface area contributed by atoms with E-state index in [1.165, 1.54) is 0 Å². The number of carbonyl (C=O) groups is 2. The number of ether oxygens (including phenoxy) is 1. The summed E-state index contributed by atoms with van der Waals surface area (Å²) < 4.78 is 8.64. The Labute approximate surface area is 162 Å². The van der Waals surface area contributed by atoms with E-state index in [2.05, 4.69) is 10.4 Å². The normalized spacial score (nSPS) is 16.2. The van der Waals surface area contributed by atoms with Crippen molar-refractivity contribution < 1.29 is 14.3 Å². The van der Waals surface area contributed by atoms with Crippen molar-refractivity contribution >= 4 is 22.7 Å². The average Bonchev–Trinajstić information content (AvgIpc) is 3.31. The molecule has 28 heavy (non-hydrogen) atoms. The van der Waals surface area contributed by atoms with Gasteiger partial charge in [-0.3, -0.25) is 14.3 Å². The van der Waals surface area contributed by atoms with Crippen molar-refractivity contribution in [1.82, 2.24) is 24.6 Å². The fourth-order valence-electron chi connectivity index (χ4n) is 3.72. The predicted octanol–water partition coefficient (Wildman–Crippen LogP) is 1.33. The van der Waals surface area contributed by atoms with Gasteiger partial charge >= 0.3 is 0 Å². The fraction of sp³-hybridized carbons (Fsp3) is 0.350. The number of hydrogen-bond acceptors (Lipinski definition) is 4. The maximum Gasteiger partial charge on any atom is 0.256 e. The Morgan fingerprint density at radius 1 is 1.29 bits per heavy atom. The van der Waals surface area contributed by atoms with Crippen LogP contribution in [0.2, 0.25) is 0 Å². The SMILES string of the molecule is COCCNC(=O)[C@H]1CN(C(=O)c2cn(C)c3ccccc23)Cc2ccnn21. The van der Waals surface area contributed by atoms with Gasteiger partial charge in [-0.15, -0.1) is 0 Å². The molecule has 1 atom stereocenters. The Hall–Kier alpha value is -3.13. The number of rotatable bonds is 5. The molecule has 0 unspecified atom stereocenters. The van der Waals surface area contributed by atoms with Crippen molar-refractivity contribution in [2.24, 2.45) is 7.05 Å². The van der Waals surface area contributed by atoms with Crippen molar-refractivity contribution in [3.63, 3.8) is 0 Å². The highest BCUT2D eigenvalue weighted by Crippen LogP contribution is 2.26. The molecule has 146 valence electrons. The highest BCUT2D eigenvalue weighted by Gasteiger charge is 2.34. The second kappa shape index (κ2) is 7.47. The molecular formula is C20H23N5O3. The highest BCUT2D eigenvalue weighted by molar-refractivity contribution is 6.07. The lowest BCUT2D eigenvalue weighted by atomic mass is 10.1. The fourth-order valence-corrected chi connectivity index (χ4v) is 3.72. The molecule has 2 amide bonds. The van der Waals surface area contributed by atoms with Gasteiger partial charge in [-0.2, -0.15) is 5.10 Å². The standard InChI is InChI=1S/C20H23N5O3/c1-23-12-16(15-5-3-4-6-17(15)23)20(27)24-11-14-7-8-22-25(14)18(13-24)19(26)21-9-10-28-2/h3-8,12,18H,9-11,13H2,1-2H3,(H,21,26)/t18-/m1/s1. The summed E-state index contributed by atoms with van der Waals surface area (Å²) in [5.74, 6) is -0.253. The lowest BCUT2D eigenvalue weighted by molar-refractivity contribution is -0.125. The highest BCUT2D eigenvalue weighted by atomic mass is 16.5. The monoisotopic (exact) mass is 381 g/mol. The summed E-state index contributed by atoms with van der Waals surface area (Å²) in [7, 11) is 3.51. The molecule has 0 fully saturated rings. The maximum absolute atomic E-state index is 13.3. The van der Waals surface area contributed by atoms with Gasteiger partial charge in [0.25, 0.3) is 5.91 Å². The third kappa shape index (κ3) is 3.16. The molecule has 0 aliphatic carbocycles. The zero-order valence-corrected chi connectivity index (χ0v) is 16.0. The van der Waals surface area contributed by atoms with Gasteiger partial charge in [0.15, 0.2) is 0 Å². The number of benzene rings is 1. The van der Waals surface area contributed by atoms with Crippen LogP contribution in [0.3, 0.4) is 0 Å². The number of nitrogens with zero attached hydrogens (tertiary/aromatic N) is 4. The number of aryl methyl sites for hydroxylation is 1. The van der Waals surface area contributed by atoms with Crippen molar-refractivity contribution in [3.8, 4) is 0 Å². The summed E-state index contributed by atoms with van der Waals surface area (Å²) >= 11 is 0. The van der Waals surface area contributed by atoms with Crippen LogP contribution in [0.5, 0.6) is 0 Å². The van der Waals surface area contributed by atoms with E-state index in [1.807, 2.05) is 48.1 Å². The average molecular weight is 381 g/mol. The van der Waals surface area contributed by atoms with Crippen LogP contribution in [0.1, 0.15) is 22.1 Å². The smallest absolute Gasteiger partial charge is 0.256 e. The molecule has 0 saturated carbocycles. The molecule has 4 rings (SSSR count). The summed E-state index contributed by atoms with van der Waals surface area (Å²) in [4.78, 5) is 27.7. The van der Waals surface area contributed by atoms with Gasteiger partial charge < -0.3 is 19.5 Å². The zero-order valence-electron chi connectivity index (χ0n) is 16.0. The van der Waals surface area contributed by atoms with Gasteiger partial charge in [0.1, 0.15) is 6.04 Å². The summed E-state index contributed by atoms with van der Waals surface area (Å²) in [5, 5.41) is 8.05. The Morgan fingerprint density at radius 2 is 2.11 bits per heavy atom. The van der Waals surface area contributed by atoms with Crippen molar-refractivity contribution in [3.05, 3.63) is 54.0 Å². The van der Waals surface area contributed by atoms with E-state index < -0.39 is 6.04 Å². The van der Waals surface area contributed by atoms with E-state index in [-0.39, 0.29) is 18.4 Å². The van der Waals surface area contributed by atoms with Crippen LogP contribution < -0.4 is 5.32 Å². The molecule has 0 radical (unpaired) electrons. The molecule has 2 aromatic heterocycles. The Bertz CT molecular complexity index is 1020. The molecule has 0 spiro atoms. The van der Waals surface area contributed by atoms with Crippen molar-refractivity contribution in [2.75, 3.05) is 26.8 Å². The molecule has 0 saturated heterocycles. The third-order valence-corrected chi connectivity index (χ3v) is 5.12. The van der Waals surface area contributed by atoms with Gasteiger partial charge in [-0.1, -0.05) is 18.2 Å². The first-order valence-corrected chi connectivity index (χ1v) is 9.22. The number of amides is 2. The van der Waals surface area contributed by atoms with Crippen LogP contribution in [0, 0.1) is 0 Å². The first-order valence-electron chi connectivity index (χ1n) is 9.22. The number of nitrogens with one attached hydrogen (secondary N) is 1. The van der Waals surface area contributed by atoms with Gasteiger partial charge in [-0.25, -0.2) is 0 Å². The second-order valence-corrected chi connectivity index (χ2v) is 6.92. The molecule has 1 aromatic carbocycles. The molecule has 8 nitrogen and oxygen atoms in total. The van der Waals surface area contributed by atoms with E-state index in [4.69, 9.17) is 4.74 Å². The molecular weight excluding hydrogens is 358 g/mol. The molecule has 3 heterocycles. The number of aromatic nitrogens is 3. The topological polar surface area (TPSA) is 81.4 Å². The largest absolute Gasteiger partial charge is 0.383 e. The molecule has 1 N–H and O–H groups in total. The number of methoxy groups -OCH3 is 1. The van der Waals surface area contributed by atoms with Crippen LogP contribution in [-0.2, 0) is 23.1 Å². The van der Waals surface area contributed by atoms with Gasteiger partial charge in [-0.05, 0) is 12.1 Å². The Balaban J connectivity index is 1.62. The first kappa shape index (κ1) is 18.2. The second-order valence-electron chi connectivity index (χ2n) is 6.92. The molecule has 0 bridgehead atoms. The Kier molecular flexibility index (Phi) is 4.87. The quantitative estimate of drug-likeness (QED) is 0.676. The molecule has 3 aromatic rings. The van der Waals surface area contributed by atoms with Gasteiger partial charge in [0, 0.05) is 44.0 Å². The lowest BCUT2D eigenvalue weighted by Gasteiger charge is -2.33. The van der Waals surface area contributed by atoms with Crippen LogP contribution in [0.4, 0.5) is 0 Å². The van der Waals surface area contributed by atoms with E-state index in [0.717, 1.165) is 16.6 Å². The minimum absolute atomic E-state index is 0.0843. The van der Waals surface area contributed by atoms with E-state index >= 15 is 0 Å². The van der Waals surface area contributed by atoms with Gasteiger partial charge in [0.05, 0.1) is 31.0 Å². The van der Waals surface area contributed by atoms with E-state index in [1.54, 1.807) is 22.9 Å². The summed E-state index contributed by atoms with van der Waals surface area (Å²) in [5.41, 5.74) is 2.48. The number of carbonyl (C=O) groups excluding carboxylic acids is 2. The number of para-hydroxylation sites is 1. The molecule has 1 aliphatic heterocycles. The third-order valence-electron chi connectivity index (χ3n) is 5.12. The number of hydrogen-bond donors (Lipinski definition) is 1. The minimum Gasteiger partial charge on any atom is -0.383 e. The van der Waals surface area contributed by atoms with Gasteiger partial charge in [0.2, 0.25) is 5.91 Å². The summed E-state index contributed by atoms with van der Waals surface area (Å²) in [6.45, 7) is 1.54. The first-order chi connectivity index (χ1) is 13.6. The maximum atomic E-state index is 13.3. The molecule has 1 aliphatic rings. The minimum atomic E-state index is -0.561. The van der Waals surface area contributed by atoms with E-state index in [0.29, 0.717) is 25.3 Å². The van der Waals surface area contributed by atoms with Crippen LogP contribution >= 0.6 is 0 Å². The van der Waals surface area contributed by atoms with Crippen molar-refractivity contribution in [2.45, 2.75) is 12.6 Å². The molecule has 8 heteroatoms. The van der Waals surface area contributed by atoms with Crippen LogP contribution in [0.15, 0.2) is 42.7 Å². The lowest BCUT2D eigenvalue weighted by Crippen LogP contribution is -2.47. The predicted molar refractivity (Wildman–Crippen MR) is 104 cm³/mol. The van der Waals surface area contributed by atoms with E-state index in [9.17, 15) is 9.59 Å². The van der Waals surface area contributed by atoms with Crippen LogP contribution in [0.25, 0.3) is 10.9 Å². The zero-order chi connectivity index (χ0) is 19.7.